The molecule has 0 unspecified atom stereocenters. The van der Waals surface area contributed by atoms with Gasteiger partial charge < -0.3 is 0 Å². The number of hydrogen-bond donors (Lipinski definition) is 0. The Morgan fingerprint density at radius 2 is 2.38 bits per heavy atom. The molecule has 0 atom stereocenters. The highest BCUT2D eigenvalue weighted by molar-refractivity contribution is 5.98. The van der Waals surface area contributed by atoms with E-state index in [-0.39, 0.29) is 0 Å². The molecule has 1 aliphatic rings. The molecule has 2 nitrogen and oxygen atoms in total. The van der Waals surface area contributed by atoms with Crippen molar-refractivity contribution in [1.29, 1.82) is 5.26 Å². The van der Waals surface area contributed by atoms with Gasteiger partial charge in [-0.05, 0) is 19.3 Å². The molecule has 0 aromatic rings. The van der Waals surface area contributed by atoms with Crippen LogP contribution in [0.2, 0.25) is 0 Å². The average Bonchev–Trinajstić information content (AvgIpc) is 1.90. The quantitative estimate of drug-likeness (QED) is 0.458. The van der Waals surface area contributed by atoms with Crippen LogP contribution in [0, 0.1) is 11.3 Å². The van der Waals surface area contributed by atoms with Crippen LogP contribution >= 0.6 is 0 Å². The normalized spacial score (nSPS) is 19.1. The Morgan fingerprint density at radius 1 is 1.50 bits per heavy atom. The van der Waals surface area contributed by atoms with Crippen LogP contribution in [0.25, 0.3) is 0 Å². The Balaban J connectivity index is 2.53. The van der Waals surface area contributed by atoms with E-state index in [4.69, 9.17) is 5.26 Å². The number of aliphatic imine (C=N–C) groups is 1. The molecular weight excluding hydrogens is 100 g/mol. The van der Waals surface area contributed by atoms with Crippen LogP contribution in [0.3, 0.4) is 0 Å². The lowest BCUT2D eigenvalue weighted by molar-refractivity contribution is 0.741. The second-order valence-corrected chi connectivity index (χ2v) is 1.90. The fourth-order valence-electron chi connectivity index (χ4n) is 0.789. The van der Waals surface area contributed by atoms with Crippen molar-refractivity contribution in [1.82, 2.24) is 0 Å². The summed E-state index contributed by atoms with van der Waals surface area (Å²) in [6.07, 6.45) is 3.20. The zero-order valence-electron chi connectivity index (χ0n) is 4.72. The van der Waals surface area contributed by atoms with Gasteiger partial charge in [0.25, 0.3) is 0 Å². The molecule has 0 N–H and O–H groups in total. The number of nitriles is 1. The van der Waals surface area contributed by atoms with Gasteiger partial charge in [0.05, 0.1) is 0 Å². The minimum Gasteiger partial charge on any atom is -0.279 e. The molecule has 0 aromatic carbocycles. The SMILES string of the molecule is N#CC1=NCCCC1. The molecule has 0 spiro atoms. The first kappa shape index (κ1) is 5.30. The van der Waals surface area contributed by atoms with E-state index in [0.717, 1.165) is 31.5 Å². The largest absolute Gasteiger partial charge is 0.279 e. The number of nitrogens with zero attached hydrogens (tertiary/aromatic N) is 2. The van der Waals surface area contributed by atoms with E-state index in [9.17, 15) is 0 Å². The molecule has 0 aromatic heterocycles. The summed E-state index contributed by atoms with van der Waals surface area (Å²) in [4.78, 5) is 4.00. The lowest BCUT2D eigenvalue weighted by atomic mass is 10.1. The van der Waals surface area contributed by atoms with Gasteiger partial charge in [0, 0.05) is 6.54 Å². The van der Waals surface area contributed by atoms with Crippen LogP contribution in [0.15, 0.2) is 4.99 Å². The number of rotatable bonds is 0. The molecule has 0 bridgehead atoms. The molecule has 0 saturated carbocycles. The fraction of sp³-hybridized carbons (Fsp3) is 0.667. The van der Waals surface area contributed by atoms with Crippen molar-refractivity contribution in [3.8, 4) is 6.07 Å². The summed E-state index contributed by atoms with van der Waals surface area (Å²) >= 11 is 0. The summed E-state index contributed by atoms with van der Waals surface area (Å²) in [5, 5.41) is 8.31. The molecule has 0 amide bonds. The van der Waals surface area contributed by atoms with Crippen molar-refractivity contribution in [2.75, 3.05) is 6.54 Å². The van der Waals surface area contributed by atoms with Crippen molar-refractivity contribution in [2.45, 2.75) is 19.3 Å². The second-order valence-electron chi connectivity index (χ2n) is 1.90. The second kappa shape index (κ2) is 2.46. The van der Waals surface area contributed by atoms with E-state index in [0.29, 0.717) is 0 Å². The van der Waals surface area contributed by atoms with Crippen LogP contribution in [0.5, 0.6) is 0 Å². The molecule has 0 fully saturated rings. The lowest BCUT2D eigenvalue weighted by Crippen LogP contribution is -2.02. The maximum absolute atomic E-state index is 8.31. The Labute approximate surface area is 48.8 Å². The molecule has 1 rings (SSSR count). The first-order chi connectivity index (χ1) is 3.93. The molecule has 42 valence electrons. The Kier molecular flexibility index (Phi) is 1.63. The standard InChI is InChI=1S/C6H8N2/c7-5-6-3-1-2-4-8-6/h1-4H2. The van der Waals surface area contributed by atoms with E-state index < -0.39 is 0 Å². The molecule has 0 radical (unpaired) electrons. The minimum absolute atomic E-state index is 0.733. The summed E-state index contributed by atoms with van der Waals surface area (Å²) < 4.78 is 0. The highest BCUT2D eigenvalue weighted by Crippen LogP contribution is 2.04. The maximum atomic E-state index is 8.31. The van der Waals surface area contributed by atoms with E-state index >= 15 is 0 Å². The molecule has 1 heterocycles. The zero-order valence-corrected chi connectivity index (χ0v) is 4.72. The van der Waals surface area contributed by atoms with Gasteiger partial charge in [0.1, 0.15) is 11.8 Å². The predicted octanol–water partition coefficient (Wildman–Crippen LogP) is 1.13. The number of hydrogen-bond acceptors (Lipinski definition) is 2. The summed E-state index contributed by atoms with van der Waals surface area (Å²) in [5.41, 5.74) is 0.733. The Hall–Kier alpha value is -0.840. The summed E-state index contributed by atoms with van der Waals surface area (Å²) in [6.45, 7) is 0.864. The van der Waals surface area contributed by atoms with Gasteiger partial charge in [-0.15, -0.1) is 0 Å². The van der Waals surface area contributed by atoms with Crippen LogP contribution < -0.4 is 0 Å². The van der Waals surface area contributed by atoms with Crippen LogP contribution in [0.4, 0.5) is 0 Å². The summed E-state index contributed by atoms with van der Waals surface area (Å²) in [6, 6.07) is 2.05. The zero-order chi connectivity index (χ0) is 5.82. The first-order valence-corrected chi connectivity index (χ1v) is 2.87. The minimum atomic E-state index is 0.733. The van der Waals surface area contributed by atoms with Gasteiger partial charge in [-0.2, -0.15) is 5.26 Å². The van der Waals surface area contributed by atoms with E-state index in [1.165, 1.54) is 0 Å². The van der Waals surface area contributed by atoms with Crippen molar-refractivity contribution in [3.63, 3.8) is 0 Å². The molecule has 0 aliphatic carbocycles. The van der Waals surface area contributed by atoms with Gasteiger partial charge >= 0.3 is 0 Å². The fourth-order valence-corrected chi connectivity index (χ4v) is 0.789. The van der Waals surface area contributed by atoms with Crippen molar-refractivity contribution < 1.29 is 0 Å². The molecule has 8 heavy (non-hydrogen) atoms. The summed E-state index contributed by atoms with van der Waals surface area (Å²) in [5.74, 6) is 0. The Morgan fingerprint density at radius 3 is 2.75 bits per heavy atom. The third-order valence-electron chi connectivity index (χ3n) is 1.25. The van der Waals surface area contributed by atoms with Crippen LogP contribution in [-0.4, -0.2) is 12.3 Å². The van der Waals surface area contributed by atoms with Gasteiger partial charge in [0.15, 0.2) is 0 Å². The van der Waals surface area contributed by atoms with E-state index in [1.807, 2.05) is 0 Å². The third-order valence-corrected chi connectivity index (χ3v) is 1.25. The third kappa shape index (κ3) is 1.06. The first-order valence-electron chi connectivity index (χ1n) is 2.87. The molecule has 0 saturated heterocycles. The molecule has 1 aliphatic heterocycles. The summed E-state index contributed by atoms with van der Waals surface area (Å²) in [7, 11) is 0. The lowest BCUT2D eigenvalue weighted by Gasteiger charge is -2.02. The monoisotopic (exact) mass is 108 g/mol. The highest BCUT2D eigenvalue weighted by atomic mass is 14.7. The smallest absolute Gasteiger partial charge is 0.114 e. The van der Waals surface area contributed by atoms with Gasteiger partial charge in [-0.3, -0.25) is 4.99 Å². The van der Waals surface area contributed by atoms with Crippen LogP contribution in [0.1, 0.15) is 19.3 Å². The van der Waals surface area contributed by atoms with E-state index in [2.05, 4.69) is 11.1 Å². The van der Waals surface area contributed by atoms with Crippen molar-refractivity contribution in [2.24, 2.45) is 4.99 Å². The average molecular weight is 108 g/mol. The van der Waals surface area contributed by atoms with E-state index in [1.54, 1.807) is 0 Å². The molecular formula is C6H8N2. The van der Waals surface area contributed by atoms with Gasteiger partial charge in [-0.25, -0.2) is 0 Å². The molecule has 2 heteroatoms. The predicted molar refractivity (Wildman–Crippen MR) is 31.8 cm³/mol. The van der Waals surface area contributed by atoms with Crippen molar-refractivity contribution >= 4 is 5.71 Å². The van der Waals surface area contributed by atoms with Gasteiger partial charge in [-0.1, -0.05) is 0 Å². The Bertz CT molecular complexity index is 141. The van der Waals surface area contributed by atoms with Crippen molar-refractivity contribution in [3.05, 3.63) is 0 Å². The van der Waals surface area contributed by atoms with Gasteiger partial charge in [0.2, 0.25) is 0 Å². The van der Waals surface area contributed by atoms with Crippen LogP contribution in [-0.2, 0) is 0 Å². The topological polar surface area (TPSA) is 36.1 Å². The maximum Gasteiger partial charge on any atom is 0.114 e. The highest BCUT2D eigenvalue weighted by Gasteiger charge is 2.01.